The van der Waals surface area contributed by atoms with Gasteiger partial charge in [-0.1, -0.05) is 48.5 Å². The highest BCUT2D eigenvalue weighted by atomic mass is 35.5. The third-order valence-electron chi connectivity index (χ3n) is 7.55. The maximum Gasteiger partial charge on any atom is 0.256 e. The van der Waals surface area contributed by atoms with Crippen molar-refractivity contribution in [3.8, 4) is 0 Å². The first-order valence-electron chi connectivity index (χ1n) is 12.9. The van der Waals surface area contributed by atoms with Crippen LogP contribution < -0.4 is 11.1 Å². The number of fused-ring (bicyclic) bond motifs is 2. The minimum Gasteiger partial charge on any atom is -0.361 e. The molecule has 0 spiro atoms. The molecule has 39 heavy (non-hydrogen) atoms. The number of aromatic amines is 1. The van der Waals surface area contributed by atoms with Gasteiger partial charge >= 0.3 is 0 Å². The molecule has 2 aromatic carbocycles. The van der Waals surface area contributed by atoms with E-state index in [-0.39, 0.29) is 30.8 Å². The lowest BCUT2D eigenvalue weighted by molar-refractivity contribution is -0.142. The number of aromatic nitrogens is 1. The van der Waals surface area contributed by atoms with Crippen LogP contribution in [0, 0.1) is 5.41 Å². The molecule has 1 fully saturated rings. The minimum atomic E-state index is -1.15. The second-order valence-electron chi connectivity index (χ2n) is 10.9. The van der Waals surface area contributed by atoms with Crippen molar-refractivity contribution < 1.29 is 14.4 Å². The second kappa shape index (κ2) is 10.8. The summed E-state index contributed by atoms with van der Waals surface area (Å²) >= 11 is 0. The lowest BCUT2D eigenvalue weighted by atomic mass is 9.73. The number of carbonyl (C=O) groups is 3. The van der Waals surface area contributed by atoms with E-state index in [0.717, 1.165) is 27.7 Å². The van der Waals surface area contributed by atoms with Gasteiger partial charge in [0.25, 0.3) is 5.91 Å². The van der Waals surface area contributed by atoms with Crippen LogP contribution in [-0.4, -0.2) is 70.0 Å². The first kappa shape index (κ1) is 28.3. The van der Waals surface area contributed by atoms with Gasteiger partial charge in [-0.05, 0) is 37.5 Å². The largest absolute Gasteiger partial charge is 0.361 e. The molecule has 3 aromatic rings. The van der Waals surface area contributed by atoms with Crippen LogP contribution in [0.5, 0.6) is 0 Å². The van der Waals surface area contributed by atoms with E-state index in [4.69, 9.17) is 5.73 Å². The molecule has 3 heterocycles. The number of amides is 3. The average molecular weight is 551 g/mol. The molecule has 0 aliphatic carbocycles. The number of nitrogens with zero attached hydrogens (tertiary/aromatic N) is 3. The van der Waals surface area contributed by atoms with E-state index in [1.54, 1.807) is 25.8 Å². The van der Waals surface area contributed by atoms with Crippen molar-refractivity contribution in [3.63, 3.8) is 0 Å². The Morgan fingerprint density at radius 1 is 1.15 bits per heavy atom. The number of hydrogen-bond acceptors (Lipinski definition) is 5. The van der Waals surface area contributed by atoms with Gasteiger partial charge in [0.15, 0.2) is 0 Å². The van der Waals surface area contributed by atoms with E-state index in [1.807, 2.05) is 60.8 Å². The molecule has 2 aliphatic heterocycles. The molecular weight excluding hydrogens is 516 g/mol. The molecule has 2 aliphatic rings. The van der Waals surface area contributed by atoms with Crippen LogP contribution in [0.25, 0.3) is 10.9 Å². The fraction of sp³-hybridized carbons (Fsp3) is 0.379. The molecule has 5 rings (SSSR count). The predicted molar refractivity (Wildman–Crippen MR) is 153 cm³/mol. The number of carbonyl (C=O) groups excluding carboxylic acids is 3. The van der Waals surface area contributed by atoms with Gasteiger partial charge in [-0.2, -0.15) is 5.10 Å². The van der Waals surface area contributed by atoms with Crippen LogP contribution in [-0.2, 0) is 27.2 Å². The number of hydrazone groups is 1. The standard InChI is InChI=1S/C29H34N6O3.ClH/c1-28(2,30)26(37)32-23(15-20-17-31-22-12-8-7-11-21(20)22)25(36)35-14-13-24-29(18-35,27(38)34(3)33-24)16-19-9-5-4-6-10-19;/h4-12,17,23,31H,13-16,18,30H2,1-3H3,(H,32,37);1H. The second-order valence-corrected chi connectivity index (χ2v) is 10.9. The molecular formula is C29H35ClN6O3. The molecule has 9 nitrogen and oxygen atoms in total. The number of rotatable bonds is 7. The van der Waals surface area contributed by atoms with Crippen LogP contribution >= 0.6 is 12.4 Å². The number of halogens is 1. The number of hydrogen-bond donors (Lipinski definition) is 3. The summed E-state index contributed by atoms with van der Waals surface area (Å²) in [5.41, 5.74) is 7.68. The smallest absolute Gasteiger partial charge is 0.256 e. The molecule has 10 heteroatoms. The van der Waals surface area contributed by atoms with E-state index in [0.29, 0.717) is 25.8 Å². The quantitative estimate of drug-likeness (QED) is 0.418. The minimum absolute atomic E-state index is 0. The first-order chi connectivity index (χ1) is 18.1. The summed E-state index contributed by atoms with van der Waals surface area (Å²) in [6.45, 7) is 3.85. The maximum atomic E-state index is 14.1. The zero-order valence-electron chi connectivity index (χ0n) is 22.4. The third kappa shape index (κ3) is 5.42. The van der Waals surface area contributed by atoms with Crippen LogP contribution in [0.1, 0.15) is 31.4 Å². The van der Waals surface area contributed by atoms with Crippen LogP contribution in [0.4, 0.5) is 0 Å². The number of piperidine rings is 1. The lowest BCUT2D eigenvalue weighted by Crippen LogP contribution is -2.61. The molecule has 0 radical (unpaired) electrons. The van der Waals surface area contributed by atoms with Crippen molar-refractivity contribution in [3.05, 3.63) is 71.9 Å². The molecule has 1 aromatic heterocycles. The zero-order chi connectivity index (χ0) is 27.1. The maximum absolute atomic E-state index is 14.1. The number of benzene rings is 2. The average Bonchev–Trinajstić information content (AvgIpc) is 3.41. The van der Waals surface area contributed by atoms with Crippen LogP contribution in [0.3, 0.4) is 0 Å². The summed E-state index contributed by atoms with van der Waals surface area (Å²) < 4.78 is 0. The van der Waals surface area contributed by atoms with Gasteiger partial charge in [-0.15, -0.1) is 12.4 Å². The molecule has 4 N–H and O–H groups in total. The molecule has 0 bridgehead atoms. The Balaban J connectivity index is 0.00000353. The van der Waals surface area contributed by atoms with Gasteiger partial charge < -0.3 is 20.9 Å². The molecule has 2 atom stereocenters. The van der Waals surface area contributed by atoms with Gasteiger partial charge in [-0.3, -0.25) is 14.4 Å². The molecule has 1 saturated heterocycles. The van der Waals surface area contributed by atoms with Crippen molar-refractivity contribution in [1.29, 1.82) is 0 Å². The summed E-state index contributed by atoms with van der Waals surface area (Å²) in [6.07, 6.45) is 3.11. The summed E-state index contributed by atoms with van der Waals surface area (Å²) in [5.74, 6) is -0.762. The van der Waals surface area contributed by atoms with E-state index in [1.165, 1.54) is 5.01 Å². The van der Waals surface area contributed by atoms with Crippen LogP contribution in [0.2, 0.25) is 0 Å². The van der Waals surface area contributed by atoms with Crippen LogP contribution in [0.15, 0.2) is 65.9 Å². The van der Waals surface area contributed by atoms with Gasteiger partial charge in [0, 0.05) is 50.1 Å². The summed E-state index contributed by atoms with van der Waals surface area (Å²) in [7, 11) is 1.66. The Bertz CT molecular complexity index is 1410. The summed E-state index contributed by atoms with van der Waals surface area (Å²) in [5, 5.41) is 9.84. The normalized spacial score (nSPS) is 19.8. The van der Waals surface area contributed by atoms with E-state index in [9.17, 15) is 14.4 Å². The fourth-order valence-corrected chi connectivity index (χ4v) is 5.50. The van der Waals surface area contributed by atoms with Gasteiger partial charge in [-0.25, -0.2) is 5.01 Å². The number of nitrogens with one attached hydrogen (secondary N) is 2. The lowest BCUT2D eigenvalue weighted by Gasteiger charge is -2.41. The Labute approximate surface area is 234 Å². The SMILES string of the molecule is CN1N=C2CCN(C(=O)C(Cc3c[nH]c4ccccc34)NC(=O)C(C)(C)N)CC2(Cc2ccccc2)C1=O.Cl. The molecule has 3 amide bonds. The molecule has 206 valence electrons. The Hall–Kier alpha value is -3.69. The fourth-order valence-electron chi connectivity index (χ4n) is 5.50. The van der Waals surface area contributed by atoms with Crippen molar-refractivity contribution in [2.75, 3.05) is 20.1 Å². The zero-order valence-corrected chi connectivity index (χ0v) is 23.3. The monoisotopic (exact) mass is 550 g/mol. The summed E-state index contributed by atoms with van der Waals surface area (Å²) in [6, 6.07) is 16.8. The Kier molecular flexibility index (Phi) is 7.86. The van der Waals surface area contributed by atoms with Crippen molar-refractivity contribution >= 4 is 46.7 Å². The number of likely N-dealkylation sites (tertiary alicyclic amines) is 1. The number of para-hydroxylation sites is 1. The predicted octanol–water partition coefficient (Wildman–Crippen LogP) is 2.64. The first-order valence-corrected chi connectivity index (χ1v) is 12.9. The highest BCUT2D eigenvalue weighted by Gasteiger charge is 2.54. The topological polar surface area (TPSA) is 124 Å². The Morgan fingerprint density at radius 2 is 1.85 bits per heavy atom. The Morgan fingerprint density at radius 3 is 2.56 bits per heavy atom. The van der Waals surface area contributed by atoms with Gasteiger partial charge in [0.1, 0.15) is 11.5 Å². The van der Waals surface area contributed by atoms with E-state index < -0.39 is 22.9 Å². The van der Waals surface area contributed by atoms with Crippen molar-refractivity contribution in [2.45, 2.75) is 44.7 Å². The van der Waals surface area contributed by atoms with Gasteiger partial charge in [0.05, 0.1) is 11.3 Å². The van der Waals surface area contributed by atoms with E-state index >= 15 is 0 Å². The highest BCUT2D eigenvalue weighted by molar-refractivity contribution is 6.13. The van der Waals surface area contributed by atoms with Gasteiger partial charge in [0.2, 0.25) is 11.8 Å². The highest BCUT2D eigenvalue weighted by Crippen LogP contribution is 2.38. The van der Waals surface area contributed by atoms with Crippen molar-refractivity contribution in [1.82, 2.24) is 20.2 Å². The number of H-pyrrole nitrogens is 1. The summed E-state index contributed by atoms with van der Waals surface area (Å²) in [4.78, 5) is 45.5. The third-order valence-corrected chi connectivity index (χ3v) is 7.55. The van der Waals surface area contributed by atoms with Crippen molar-refractivity contribution in [2.24, 2.45) is 16.3 Å². The van der Waals surface area contributed by atoms with E-state index in [2.05, 4.69) is 15.4 Å². The molecule has 0 saturated carbocycles. The molecule has 2 unspecified atom stereocenters. The number of nitrogens with two attached hydrogens (primary N) is 1.